The van der Waals surface area contributed by atoms with Gasteiger partial charge in [0.2, 0.25) is 5.88 Å². The number of hydrogen-bond acceptors (Lipinski definition) is 3. The van der Waals surface area contributed by atoms with E-state index in [2.05, 4.69) is 4.98 Å². The highest BCUT2D eigenvalue weighted by molar-refractivity contribution is 6.05. The maximum atomic E-state index is 5.85. The maximum absolute atomic E-state index is 5.85. The molecule has 4 aromatic rings. The van der Waals surface area contributed by atoms with Crippen LogP contribution < -0.4 is 4.74 Å². The van der Waals surface area contributed by atoms with Gasteiger partial charge in [-0.05, 0) is 25.1 Å². The first kappa shape index (κ1) is 12.8. The van der Waals surface area contributed by atoms with Crippen LogP contribution in [0.4, 0.5) is 0 Å². The van der Waals surface area contributed by atoms with Gasteiger partial charge in [-0.3, -0.25) is 4.98 Å². The van der Waals surface area contributed by atoms with E-state index in [1.165, 1.54) is 0 Å². The highest BCUT2D eigenvalue weighted by Crippen LogP contribution is 2.32. The number of ether oxygens (including phenoxy) is 1. The number of benzene rings is 2. The molecule has 0 aliphatic heterocycles. The van der Waals surface area contributed by atoms with E-state index in [9.17, 15) is 0 Å². The van der Waals surface area contributed by atoms with Crippen molar-refractivity contribution in [2.75, 3.05) is 6.61 Å². The lowest BCUT2D eigenvalue weighted by atomic mass is 10.2. The third kappa shape index (κ3) is 1.92. The summed E-state index contributed by atoms with van der Waals surface area (Å²) in [5, 5.41) is 6.75. The van der Waals surface area contributed by atoms with Crippen LogP contribution in [0.2, 0.25) is 0 Å². The van der Waals surface area contributed by atoms with Crippen molar-refractivity contribution in [1.29, 1.82) is 0 Å². The van der Waals surface area contributed by atoms with Crippen molar-refractivity contribution in [3.63, 3.8) is 0 Å². The fourth-order valence-electron chi connectivity index (χ4n) is 2.67. The molecular weight excluding hydrogens is 274 g/mol. The zero-order valence-electron chi connectivity index (χ0n) is 12.2. The minimum atomic E-state index is 0.584. The lowest BCUT2D eigenvalue weighted by Crippen LogP contribution is -2.02. The summed E-state index contributed by atoms with van der Waals surface area (Å²) in [6.07, 6.45) is 1.84. The summed E-state index contributed by atoms with van der Waals surface area (Å²) in [4.78, 5) is 4.53. The first-order valence-electron chi connectivity index (χ1n) is 7.33. The van der Waals surface area contributed by atoms with Gasteiger partial charge in [-0.25, -0.2) is 0 Å². The second-order valence-electron chi connectivity index (χ2n) is 5.02. The molecule has 4 heteroatoms. The first-order valence-corrected chi connectivity index (χ1v) is 7.33. The third-order valence-corrected chi connectivity index (χ3v) is 3.65. The molecule has 0 radical (unpaired) electrons. The Labute approximate surface area is 128 Å². The third-order valence-electron chi connectivity index (χ3n) is 3.65. The fourth-order valence-corrected chi connectivity index (χ4v) is 2.67. The van der Waals surface area contributed by atoms with Crippen LogP contribution in [-0.4, -0.2) is 21.4 Å². The topological polar surface area (TPSA) is 39.9 Å². The Kier molecular flexibility index (Phi) is 3.00. The second kappa shape index (κ2) is 5.15. The SMILES string of the molecule is CCOc1c2cnc3ccccc3c2nn1-c1ccccc1. The van der Waals surface area contributed by atoms with Crippen LogP contribution in [0.15, 0.2) is 60.8 Å². The quantitative estimate of drug-likeness (QED) is 0.573. The monoisotopic (exact) mass is 289 g/mol. The predicted octanol–water partition coefficient (Wildman–Crippen LogP) is 3.97. The van der Waals surface area contributed by atoms with E-state index in [0.29, 0.717) is 6.61 Å². The van der Waals surface area contributed by atoms with Crippen molar-refractivity contribution in [3.8, 4) is 11.6 Å². The van der Waals surface area contributed by atoms with Crippen molar-refractivity contribution >= 4 is 21.8 Å². The minimum Gasteiger partial charge on any atom is -0.477 e. The standard InChI is InChI=1S/C18H15N3O/c1-2-22-18-15-12-19-16-11-7-6-10-14(16)17(15)20-21(18)13-8-4-3-5-9-13/h3-12H,2H2,1H3. The molecule has 0 spiro atoms. The number of aromatic nitrogens is 3. The van der Waals surface area contributed by atoms with E-state index in [1.54, 1.807) is 0 Å². The van der Waals surface area contributed by atoms with Crippen LogP contribution in [0.25, 0.3) is 27.5 Å². The number of nitrogens with zero attached hydrogens (tertiary/aromatic N) is 3. The van der Waals surface area contributed by atoms with Gasteiger partial charge >= 0.3 is 0 Å². The van der Waals surface area contributed by atoms with Crippen LogP contribution >= 0.6 is 0 Å². The predicted molar refractivity (Wildman–Crippen MR) is 87.5 cm³/mol. The molecule has 0 aliphatic carbocycles. The first-order chi connectivity index (χ1) is 10.9. The van der Waals surface area contributed by atoms with Gasteiger partial charge in [-0.1, -0.05) is 36.4 Å². The van der Waals surface area contributed by atoms with Crippen LogP contribution in [0.5, 0.6) is 5.88 Å². The zero-order chi connectivity index (χ0) is 14.9. The summed E-state index contributed by atoms with van der Waals surface area (Å²) < 4.78 is 7.70. The number of rotatable bonds is 3. The van der Waals surface area contributed by atoms with E-state index in [4.69, 9.17) is 9.84 Å². The van der Waals surface area contributed by atoms with Gasteiger partial charge in [-0.15, -0.1) is 0 Å². The highest BCUT2D eigenvalue weighted by atomic mass is 16.5. The molecule has 108 valence electrons. The maximum Gasteiger partial charge on any atom is 0.226 e. The molecule has 0 saturated heterocycles. The summed E-state index contributed by atoms with van der Waals surface area (Å²) in [6, 6.07) is 18.0. The molecule has 2 aromatic heterocycles. The summed E-state index contributed by atoms with van der Waals surface area (Å²) in [7, 11) is 0. The van der Waals surface area contributed by atoms with Gasteiger partial charge in [0.05, 0.1) is 23.2 Å². The van der Waals surface area contributed by atoms with Crippen LogP contribution in [0.1, 0.15) is 6.92 Å². The van der Waals surface area contributed by atoms with E-state index in [0.717, 1.165) is 33.4 Å². The largest absolute Gasteiger partial charge is 0.477 e. The molecule has 0 atom stereocenters. The molecule has 4 nitrogen and oxygen atoms in total. The Morgan fingerprint density at radius 1 is 0.955 bits per heavy atom. The van der Waals surface area contributed by atoms with Crippen molar-refractivity contribution < 1.29 is 4.74 Å². The summed E-state index contributed by atoms with van der Waals surface area (Å²) in [5.41, 5.74) is 2.83. The van der Waals surface area contributed by atoms with Gasteiger partial charge in [0, 0.05) is 11.6 Å². The summed E-state index contributed by atoms with van der Waals surface area (Å²) >= 11 is 0. The van der Waals surface area contributed by atoms with Crippen LogP contribution in [0, 0.1) is 0 Å². The molecule has 4 rings (SSSR count). The Hall–Kier alpha value is -2.88. The van der Waals surface area contributed by atoms with E-state index < -0.39 is 0 Å². The average molecular weight is 289 g/mol. The van der Waals surface area contributed by atoms with Crippen LogP contribution in [-0.2, 0) is 0 Å². The Morgan fingerprint density at radius 2 is 1.73 bits per heavy atom. The number of hydrogen-bond donors (Lipinski definition) is 0. The van der Waals surface area contributed by atoms with Gasteiger partial charge in [-0.2, -0.15) is 9.78 Å². The van der Waals surface area contributed by atoms with Crippen molar-refractivity contribution in [2.24, 2.45) is 0 Å². The van der Waals surface area contributed by atoms with Gasteiger partial charge in [0.15, 0.2) is 0 Å². The van der Waals surface area contributed by atoms with Gasteiger partial charge < -0.3 is 4.74 Å². The van der Waals surface area contributed by atoms with Crippen molar-refractivity contribution in [1.82, 2.24) is 14.8 Å². The molecule has 0 amide bonds. The molecule has 22 heavy (non-hydrogen) atoms. The fraction of sp³-hybridized carbons (Fsp3) is 0.111. The summed E-state index contributed by atoms with van der Waals surface area (Å²) in [6.45, 7) is 2.56. The molecule has 2 heterocycles. The number of para-hydroxylation sites is 2. The molecule has 0 bridgehead atoms. The number of fused-ring (bicyclic) bond motifs is 3. The smallest absolute Gasteiger partial charge is 0.226 e. The average Bonchev–Trinajstić information content (AvgIpc) is 2.95. The van der Waals surface area contributed by atoms with E-state index in [1.807, 2.05) is 72.4 Å². The number of pyridine rings is 1. The molecule has 0 N–H and O–H groups in total. The molecule has 2 aromatic carbocycles. The molecule has 0 unspecified atom stereocenters. The Balaban J connectivity index is 2.08. The van der Waals surface area contributed by atoms with Gasteiger partial charge in [0.1, 0.15) is 5.52 Å². The molecule has 0 fully saturated rings. The zero-order valence-corrected chi connectivity index (χ0v) is 12.2. The van der Waals surface area contributed by atoms with Crippen LogP contribution in [0.3, 0.4) is 0 Å². The lowest BCUT2D eigenvalue weighted by Gasteiger charge is -2.07. The molecule has 0 aliphatic rings. The highest BCUT2D eigenvalue weighted by Gasteiger charge is 2.16. The Bertz CT molecular complexity index is 945. The van der Waals surface area contributed by atoms with Crippen molar-refractivity contribution in [2.45, 2.75) is 6.92 Å². The van der Waals surface area contributed by atoms with E-state index in [-0.39, 0.29) is 0 Å². The summed E-state index contributed by atoms with van der Waals surface area (Å²) in [5.74, 6) is 0.738. The Morgan fingerprint density at radius 3 is 2.55 bits per heavy atom. The normalized spacial score (nSPS) is 11.1. The van der Waals surface area contributed by atoms with Crippen molar-refractivity contribution in [3.05, 3.63) is 60.8 Å². The molecular formula is C18H15N3O. The minimum absolute atomic E-state index is 0.584. The molecule has 0 saturated carbocycles. The van der Waals surface area contributed by atoms with Gasteiger partial charge in [0.25, 0.3) is 0 Å². The lowest BCUT2D eigenvalue weighted by molar-refractivity contribution is 0.320. The second-order valence-corrected chi connectivity index (χ2v) is 5.02. The van der Waals surface area contributed by atoms with E-state index >= 15 is 0 Å².